The molecule has 0 N–H and O–H groups in total. The highest BCUT2D eigenvalue weighted by Gasteiger charge is 2.29. The van der Waals surface area contributed by atoms with Crippen molar-refractivity contribution in [1.29, 1.82) is 0 Å². The Morgan fingerprint density at radius 2 is 1.60 bits per heavy atom. The fourth-order valence-corrected chi connectivity index (χ4v) is 5.94. The second kappa shape index (κ2) is 7.54. The topological polar surface area (TPSA) is 17.1 Å². The summed E-state index contributed by atoms with van der Waals surface area (Å²) in [4.78, 5) is 0. The molecule has 0 radical (unpaired) electrons. The van der Waals surface area contributed by atoms with Crippen molar-refractivity contribution in [3.05, 3.63) is 84.5 Å². The molecule has 0 aromatic heterocycles. The van der Waals surface area contributed by atoms with Crippen molar-refractivity contribution in [3.63, 3.8) is 0 Å². The van der Waals surface area contributed by atoms with E-state index in [0.29, 0.717) is 24.1 Å². The van der Waals surface area contributed by atoms with E-state index in [4.69, 9.17) is 0 Å². The van der Waals surface area contributed by atoms with Gasteiger partial charge >= 0.3 is 0 Å². The van der Waals surface area contributed by atoms with Gasteiger partial charge in [-0.1, -0.05) is 80.2 Å². The zero-order chi connectivity index (χ0) is 17.9. The number of rotatable bonds is 4. The van der Waals surface area contributed by atoms with Gasteiger partial charge in [0.15, 0.2) is 0 Å². The standard InChI is InChI=1S/C22H24FOP/c1-17-15-19(18(2)22(23)16-17)13-14-25(24,20-9-5-3-6-10-20)21-11-7-4-8-12-21/h3-13,17,22H,2,14-16H2,1H3/b19-13-/t17-,22+/m1/s1. The van der Waals surface area contributed by atoms with E-state index in [1.807, 2.05) is 66.7 Å². The second-order valence-electron chi connectivity index (χ2n) is 6.86. The minimum atomic E-state index is -2.80. The van der Waals surface area contributed by atoms with E-state index >= 15 is 0 Å². The van der Waals surface area contributed by atoms with Crippen molar-refractivity contribution < 1.29 is 8.96 Å². The average molecular weight is 354 g/mol. The van der Waals surface area contributed by atoms with Crippen LogP contribution in [0.4, 0.5) is 4.39 Å². The maximum atomic E-state index is 14.1. The van der Waals surface area contributed by atoms with Gasteiger partial charge in [0, 0.05) is 16.8 Å². The molecule has 0 amide bonds. The Morgan fingerprint density at radius 1 is 1.08 bits per heavy atom. The summed E-state index contributed by atoms with van der Waals surface area (Å²) in [6, 6.07) is 19.2. The van der Waals surface area contributed by atoms with Crippen LogP contribution in [-0.2, 0) is 4.57 Å². The molecule has 0 saturated heterocycles. The van der Waals surface area contributed by atoms with Crippen LogP contribution in [-0.4, -0.2) is 12.3 Å². The highest BCUT2D eigenvalue weighted by Crippen LogP contribution is 2.44. The highest BCUT2D eigenvalue weighted by atomic mass is 31.2. The van der Waals surface area contributed by atoms with E-state index in [9.17, 15) is 8.96 Å². The number of hydrogen-bond acceptors (Lipinski definition) is 1. The van der Waals surface area contributed by atoms with Crippen molar-refractivity contribution in [3.8, 4) is 0 Å². The van der Waals surface area contributed by atoms with Crippen molar-refractivity contribution in [1.82, 2.24) is 0 Å². The molecule has 0 heterocycles. The van der Waals surface area contributed by atoms with Crippen molar-refractivity contribution in [2.75, 3.05) is 6.16 Å². The van der Waals surface area contributed by atoms with Crippen LogP contribution in [0.2, 0.25) is 0 Å². The first-order valence-electron chi connectivity index (χ1n) is 8.73. The molecular weight excluding hydrogens is 330 g/mol. The van der Waals surface area contributed by atoms with E-state index in [2.05, 4.69) is 13.5 Å². The number of benzene rings is 2. The first kappa shape index (κ1) is 17.9. The fourth-order valence-electron chi connectivity index (χ4n) is 3.44. The molecule has 130 valence electrons. The summed E-state index contributed by atoms with van der Waals surface area (Å²) in [5, 5.41) is 1.67. The van der Waals surface area contributed by atoms with Gasteiger partial charge in [-0.05, 0) is 29.9 Å². The Bertz CT molecular complexity index is 767. The Labute approximate surface area is 149 Å². The summed E-state index contributed by atoms with van der Waals surface area (Å²) >= 11 is 0. The predicted molar refractivity (Wildman–Crippen MR) is 105 cm³/mol. The Balaban J connectivity index is 1.98. The van der Waals surface area contributed by atoms with Crippen LogP contribution in [0.15, 0.2) is 84.5 Å². The lowest BCUT2D eigenvalue weighted by Crippen LogP contribution is -2.21. The second-order valence-corrected chi connectivity index (χ2v) is 9.74. The maximum Gasteiger partial charge on any atom is 0.146 e. The predicted octanol–water partition coefficient (Wildman–Crippen LogP) is 5.25. The molecule has 0 bridgehead atoms. The third-order valence-corrected chi connectivity index (χ3v) is 7.87. The molecule has 25 heavy (non-hydrogen) atoms. The molecule has 1 nitrogen and oxygen atoms in total. The van der Waals surface area contributed by atoms with Crippen LogP contribution in [0.5, 0.6) is 0 Å². The van der Waals surface area contributed by atoms with Crippen LogP contribution >= 0.6 is 7.14 Å². The minimum absolute atomic E-state index is 0.291. The molecule has 0 aliphatic heterocycles. The lowest BCUT2D eigenvalue weighted by atomic mass is 9.82. The van der Waals surface area contributed by atoms with Gasteiger partial charge in [-0.2, -0.15) is 0 Å². The maximum absolute atomic E-state index is 14.1. The number of halogens is 1. The average Bonchev–Trinajstić information content (AvgIpc) is 2.64. The van der Waals surface area contributed by atoms with Crippen LogP contribution in [0.25, 0.3) is 0 Å². The van der Waals surface area contributed by atoms with Gasteiger partial charge in [-0.3, -0.25) is 0 Å². The van der Waals surface area contributed by atoms with E-state index in [1.54, 1.807) is 0 Å². The fraction of sp³-hybridized carbons (Fsp3) is 0.273. The molecule has 1 fully saturated rings. The zero-order valence-corrected chi connectivity index (χ0v) is 15.5. The number of alkyl halides is 1. The summed E-state index contributed by atoms with van der Waals surface area (Å²) in [6.45, 7) is 5.98. The van der Waals surface area contributed by atoms with Gasteiger partial charge < -0.3 is 4.57 Å². The summed E-state index contributed by atoms with van der Waals surface area (Å²) in [6.07, 6.45) is 2.72. The first-order chi connectivity index (χ1) is 12.0. The van der Waals surface area contributed by atoms with Gasteiger partial charge in [0.2, 0.25) is 0 Å². The van der Waals surface area contributed by atoms with Crippen LogP contribution in [0.3, 0.4) is 0 Å². The molecule has 0 spiro atoms. The molecule has 2 atom stereocenters. The Kier molecular flexibility index (Phi) is 5.39. The third-order valence-electron chi connectivity index (χ3n) is 4.91. The normalized spacial score (nSPS) is 23.0. The zero-order valence-electron chi connectivity index (χ0n) is 14.6. The van der Waals surface area contributed by atoms with E-state index < -0.39 is 13.3 Å². The van der Waals surface area contributed by atoms with Crippen LogP contribution in [0.1, 0.15) is 19.8 Å². The lowest BCUT2D eigenvalue weighted by Gasteiger charge is -2.27. The molecule has 0 unspecified atom stereocenters. The van der Waals surface area contributed by atoms with Gasteiger partial charge in [-0.15, -0.1) is 0 Å². The molecule has 1 saturated carbocycles. The van der Waals surface area contributed by atoms with E-state index in [1.165, 1.54) is 0 Å². The van der Waals surface area contributed by atoms with Gasteiger partial charge in [-0.25, -0.2) is 4.39 Å². The third kappa shape index (κ3) is 3.85. The number of hydrogen-bond donors (Lipinski definition) is 0. The summed E-state index contributed by atoms with van der Waals surface area (Å²) in [5.41, 5.74) is 1.49. The molecular formula is C22H24FOP. The smallest absolute Gasteiger partial charge is 0.146 e. The summed E-state index contributed by atoms with van der Waals surface area (Å²) < 4.78 is 28.1. The van der Waals surface area contributed by atoms with Gasteiger partial charge in [0.1, 0.15) is 13.3 Å². The van der Waals surface area contributed by atoms with Crippen molar-refractivity contribution in [2.45, 2.75) is 25.9 Å². The van der Waals surface area contributed by atoms with Crippen molar-refractivity contribution in [2.24, 2.45) is 5.92 Å². The van der Waals surface area contributed by atoms with Gasteiger partial charge in [0.05, 0.1) is 0 Å². The van der Waals surface area contributed by atoms with E-state index in [-0.39, 0.29) is 0 Å². The molecule has 3 heteroatoms. The molecule has 2 aromatic carbocycles. The minimum Gasteiger partial charge on any atom is -0.313 e. The molecule has 1 aliphatic rings. The summed E-state index contributed by atoms with van der Waals surface area (Å²) in [5.74, 6) is 0.291. The monoisotopic (exact) mass is 354 g/mol. The van der Waals surface area contributed by atoms with Crippen molar-refractivity contribution >= 4 is 17.8 Å². The summed E-state index contributed by atoms with van der Waals surface area (Å²) in [7, 11) is -2.80. The quantitative estimate of drug-likeness (QED) is 0.685. The molecule has 3 rings (SSSR count). The van der Waals surface area contributed by atoms with Crippen LogP contribution < -0.4 is 10.6 Å². The molecule has 2 aromatic rings. The highest BCUT2D eigenvalue weighted by molar-refractivity contribution is 7.78. The van der Waals surface area contributed by atoms with Crippen LogP contribution in [0, 0.1) is 5.92 Å². The SMILES string of the molecule is C=C1/C(=C\CP(=O)(c2ccccc2)c2ccccc2)C[C@@H](C)C[C@@H]1F. The Hall–Kier alpha value is -1.92. The number of allylic oxidation sites excluding steroid dienone is 3. The van der Waals surface area contributed by atoms with E-state index in [0.717, 1.165) is 22.6 Å². The largest absolute Gasteiger partial charge is 0.313 e. The Morgan fingerprint density at radius 3 is 2.12 bits per heavy atom. The first-order valence-corrected chi connectivity index (χ1v) is 10.6. The van der Waals surface area contributed by atoms with Gasteiger partial charge in [0.25, 0.3) is 0 Å². The molecule has 1 aliphatic carbocycles. The lowest BCUT2D eigenvalue weighted by molar-refractivity contribution is 0.294.